The van der Waals surface area contributed by atoms with Crippen molar-refractivity contribution in [1.82, 2.24) is 0 Å². The standard InChI is InChI=1S/C3H5BCl4/c1-4(2-5)3(6,7)8/h2H2,1H3. The van der Waals surface area contributed by atoms with E-state index in [0.717, 1.165) is 0 Å². The van der Waals surface area contributed by atoms with Crippen molar-refractivity contribution in [2.45, 2.75) is 10.5 Å². The summed E-state index contributed by atoms with van der Waals surface area (Å²) in [7, 11) is 0. The third-order valence-electron chi connectivity index (χ3n) is 0.790. The second-order valence-electron chi connectivity index (χ2n) is 1.60. The third kappa shape index (κ3) is 3.29. The van der Waals surface area contributed by atoms with Crippen LogP contribution in [0.15, 0.2) is 0 Å². The number of hydrogen-bond donors (Lipinski definition) is 0. The largest absolute Gasteiger partial charge is 0.218 e. The minimum atomic E-state index is -1.21. The average molecular weight is 194 g/mol. The summed E-state index contributed by atoms with van der Waals surface area (Å²) in [6.45, 7) is 1.69. The fraction of sp³-hybridized carbons (Fsp3) is 1.00. The summed E-state index contributed by atoms with van der Waals surface area (Å²) in [5.74, 6) is 0.372. The first kappa shape index (κ1) is 9.22. The van der Waals surface area contributed by atoms with E-state index in [1.807, 2.05) is 0 Å². The van der Waals surface area contributed by atoms with Crippen LogP contribution in [0.2, 0.25) is 6.82 Å². The zero-order chi connectivity index (χ0) is 6.78. The summed E-state index contributed by atoms with van der Waals surface area (Å²) < 4.78 is -1.21. The smallest absolute Gasteiger partial charge is 0.135 e. The van der Waals surface area contributed by atoms with Crippen LogP contribution in [0.5, 0.6) is 0 Å². The summed E-state index contributed by atoms with van der Waals surface area (Å²) >= 11 is 21.7. The molecule has 0 nitrogen and oxygen atoms in total. The van der Waals surface area contributed by atoms with Gasteiger partial charge in [-0.1, -0.05) is 41.6 Å². The average Bonchev–Trinajstić information content (AvgIpc) is 1.62. The summed E-state index contributed by atoms with van der Waals surface area (Å²) in [5.41, 5.74) is 0. The zero-order valence-corrected chi connectivity index (χ0v) is 7.32. The van der Waals surface area contributed by atoms with Crippen LogP contribution in [-0.4, -0.2) is 16.2 Å². The van der Waals surface area contributed by atoms with Crippen LogP contribution in [-0.2, 0) is 0 Å². The summed E-state index contributed by atoms with van der Waals surface area (Å²) in [4.78, 5) is 0. The Morgan fingerprint density at radius 3 is 1.75 bits per heavy atom. The summed E-state index contributed by atoms with van der Waals surface area (Å²) in [6, 6.07) is 0. The maximum absolute atomic E-state index is 5.43. The van der Waals surface area contributed by atoms with Crippen molar-refractivity contribution >= 4 is 53.1 Å². The van der Waals surface area contributed by atoms with E-state index in [4.69, 9.17) is 46.4 Å². The fourth-order valence-electron chi connectivity index (χ4n) is 0.0875. The SMILES string of the molecule is CB(CCl)C(Cl)(Cl)Cl. The van der Waals surface area contributed by atoms with E-state index in [0.29, 0.717) is 5.78 Å². The first-order valence-corrected chi connectivity index (χ1v) is 3.78. The molecular formula is C3H5BCl4. The quantitative estimate of drug-likeness (QED) is 0.444. The first-order chi connectivity index (χ1) is 3.48. The Morgan fingerprint density at radius 1 is 1.38 bits per heavy atom. The molecule has 48 valence electrons. The number of hydrogen-bond acceptors (Lipinski definition) is 0. The highest BCUT2D eigenvalue weighted by atomic mass is 35.6. The van der Waals surface area contributed by atoms with Crippen LogP contribution in [0.1, 0.15) is 0 Å². The van der Waals surface area contributed by atoms with Crippen LogP contribution < -0.4 is 0 Å². The van der Waals surface area contributed by atoms with Gasteiger partial charge in [0.1, 0.15) is 0 Å². The highest BCUT2D eigenvalue weighted by molar-refractivity contribution is 6.96. The molecule has 0 aliphatic heterocycles. The molecule has 0 radical (unpaired) electrons. The van der Waals surface area contributed by atoms with Gasteiger partial charge in [-0.25, -0.2) is 0 Å². The molecule has 0 bridgehead atoms. The van der Waals surface area contributed by atoms with Gasteiger partial charge < -0.3 is 0 Å². The first-order valence-electron chi connectivity index (χ1n) is 2.11. The lowest BCUT2D eigenvalue weighted by molar-refractivity contribution is 1.58. The highest BCUT2D eigenvalue weighted by Gasteiger charge is 2.30. The van der Waals surface area contributed by atoms with Crippen LogP contribution in [0, 0.1) is 0 Å². The summed E-state index contributed by atoms with van der Waals surface area (Å²) in [6.07, 6.45) is 0. The normalized spacial score (nSPS) is 11.6. The van der Waals surface area contributed by atoms with Crippen molar-refractivity contribution in [2.24, 2.45) is 0 Å². The van der Waals surface area contributed by atoms with Crippen molar-refractivity contribution in [3.05, 3.63) is 0 Å². The van der Waals surface area contributed by atoms with E-state index in [1.165, 1.54) is 0 Å². The Kier molecular flexibility index (Phi) is 3.93. The second kappa shape index (κ2) is 3.41. The predicted octanol–water partition coefficient (Wildman–Crippen LogP) is 2.80. The molecule has 0 aromatic heterocycles. The molecule has 0 saturated heterocycles. The molecule has 0 atom stereocenters. The van der Waals surface area contributed by atoms with Crippen LogP contribution in [0.3, 0.4) is 0 Å². The van der Waals surface area contributed by atoms with Crippen molar-refractivity contribution in [2.75, 3.05) is 5.78 Å². The van der Waals surface area contributed by atoms with Gasteiger partial charge in [0.05, 0.1) is 0 Å². The van der Waals surface area contributed by atoms with E-state index in [2.05, 4.69) is 0 Å². The van der Waals surface area contributed by atoms with Gasteiger partial charge in [-0.2, -0.15) is 0 Å². The molecule has 0 N–H and O–H groups in total. The van der Waals surface area contributed by atoms with E-state index < -0.39 is 3.69 Å². The molecule has 0 fully saturated rings. The lowest BCUT2D eigenvalue weighted by Crippen LogP contribution is -2.28. The number of halogens is 4. The Morgan fingerprint density at radius 2 is 1.75 bits per heavy atom. The van der Waals surface area contributed by atoms with Gasteiger partial charge in [-0.15, -0.1) is 11.6 Å². The Balaban J connectivity index is 3.62. The molecule has 0 aliphatic rings. The maximum Gasteiger partial charge on any atom is 0.218 e. The Hall–Kier alpha value is 1.22. The molecule has 8 heavy (non-hydrogen) atoms. The number of alkyl halides is 4. The summed E-state index contributed by atoms with van der Waals surface area (Å²) in [5, 5.41) is 0. The van der Waals surface area contributed by atoms with Gasteiger partial charge in [0, 0.05) is 5.78 Å². The van der Waals surface area contributed by atoms with Crippen LogP contribution in [0.4, 0.5) is 0 Å². The van der Waals surface area contributed by atoms with Gasteiger partial charge in [0.25, 0.3) is 0 Å². The maximum atomic E-state index is 5.43. The predicted molar refractivity (Wildman–Crippen MR) is 42.6 cm³/mol. The molecule has 5 heteroatoms. The van der Waals surface area contributed by atoms with E-state index in [-0.39, 0.29) is 6.71 Å². The monoisotopic (exact) mass is 192 g/mol. The van der Waals surface area contributed by atoms with Crippen molar-refractivity contribution in [1.29, 1.82) is 0 Å². The molecule has 0 spiro atoms. The van der Waals surface area contributed by atoms with E-state index >= 15 is 0 Å². The Labute approximate surface area is 69.5 Å². The molecule has 0 saturated carbocycles. The minimum absolute atomic E-state index is 0.0887. The van der Waals surface area contributed by atoms with Gasteiger partial charge in [0.2, 0.25) is 6.71 Å². The zero-order valence-electron chi connectivity index (χ0n) is 4.30. The molecule has 0 aromatic carbocycles. The van der Waals surface area contributed by atoms with Gasteiger partial charge in [0.15, 0.2) is 3.69 Å². The molecule has 0 rings (SSSR count). The van der Waals surface area contributed by atoms with E-state index in [9.17, 15) is 0 Å². The Bertz CT molecular complexity index is 68.2. The molecule has 0 heterocycles. The molecular weight excluding hydrogens is 189 g/mol. The number of rotatable bonds is 1. The van der Waals surface area contributed by atoms with Crippen molar-refractivity contribution in [3.8, 4) is 0 Å². The van der Waals surface area contributed by atoms with E-state index in [1.54, 1.807) is 6.82 Å². The van der Waals surface area contributed by atoms with Gasteiger partial charge in [-0.3, -0.25) is 0 Å². The van der Waals surface area contributed by atoms with Crippen LogP contribution >= 0.6 is 46.4 Å². The minimum Gasteiger partial charge on any atom is -0.135 e. The highest BCUT2D eigenvalue weighted by Crippen LogP contribution is 2.29. The molecule has 0 unspecified atom stereocenters. The lowest BCUT2D eigenvalue weighted by Gasteiger charge is -2.12. The fourth-order valence-corrected chi connectivity index (χ4v) is 0.787. The van der Waals surface area contributed by atoms with Crippen molar-refractivity contribution in [3.63, 3.8) is 0 Å². The second-order valence-corrected chi connectivity index (χ2v) is 4.27. The molecule has 0 amide bonds. The third-order valence-corrected chi connectivity index (χ3v) is 2.37. The lowest BCUT2D eigenvalue weighted by atomic mass is 9.56. The van der Waals surface area contributed by atoms with Crippen molar-refractivity contribution < 1.29 is 0 Å². The molecule has 0 aliphatic carbocycles. The topological polar surface area (TPSA) is 0 Å². The van der Waals surface area contributed by atoms with Gasteiger partial charge >= 0.3 is 0 Å². The molecule has 0 aromatic rings. The van der Waals surface area contributed by atoms with Gasteiger partial charge in [-0.05, 0) is 0 Å². The van der Waals surface area contributed by atoms with Crippen LogP contribution in [0.25, 0.3) is 0 Å².